The van der Waals surface area contributed by atoms with Crippen LogP contribution in [0.25, 0.3) is 10.2 Å². The van der Waals surface area contributed by atoms with Crippen LogP contribution in [0.1, 0.15) is 18.9 Å². The van der Waals surface area contributed by atoms with Gasteiger partial charge in [0.15, 0.2) is 5.13 Å². The van der Waals surface area contributed by atoms with Gasteiger partial charge in [0.05, 0.1) is 10.2 Å². The van der Waals surface area contributed by atoms with Crippen molar-refractivity contribution in [1.82, 2.24) is 15.2 Å². The van der Waals surface area contributed by atoms with Crippen LogP contribution in [0.5, 0.6) is 0 Å². The Hall–Kier alpha value is -3.26. The quantitative estimate of drug-likeness (QED) is 0.651. The maximum atomic E-state index is 13.0. The lowest BCUT2D eigenvalue weighted by Crippen LogP contribution is -2.44. The molecule has 0 radical (unpaired) electrons. The van der Waals surface area contributed by atoms with Crippen molar-refractivity contribution in [1.29, 1.82) is 0 Å². The molecule has 0 saturated carbocycles. The van der Waals surface area contributed by atoms with Crippen LogP contribution in [0.4, 0.5) is 9.93 Å². The van der Waals surface area contributed by atoms with E-state index in [-0.39, 0.29) is 6.54 Å². The Morgan fingerprint density at radius 3 is 2.57 bits per heavy atom. The van der Waals surface area contributed by atoms with E-state index in [9.17, 15) is 14.4 Å². The molecule has 8 heteroatoms. The molecule has 0 bridgehead atoms. The van der Waals surface area contributed by atoms with Gasteiger partial charge in [0.25, 0.3) is 5.91 Å². The minimum atomic E-state index is -1.14. The number of amides is 4. The van der Waals surface area contributed by atoms with Crippen LogP contribution in [0.2, 0.25) is 0 Å². The maximum Gasteiger partial charge on any atom is 0.325 e. The number of carbonyl (C=O) groups is 3. The van der Waals surface area contributed by atoms with Crippen LogP contribution in [0, 0.1) is 0 Å². The van der Waals surface area contributed by atoms with Crippen molar-refractivity contribution >= 4 is 44.5 Å². The second-order valence-corrected chi connectivity index (χ2v) is 7.51. The van der Waals surface area contributed by atoms with Crippen molar-refractivity contribution in [2.45, 2.75) is 18.9 Å². The zero-order chi connectivity index (χ0) is 19.7. The Kier molecular flexibility index (Phi) is 4.56. The van der Waals surface area contributed by atoms with E-state index in [2.05, 4.69) is 15.6 Å². The topological polar surface area (TPSA) is 91.4 Å². The lowest BCUT2D eigenvalue weighted by molar-refractivity contribution is -0.134. The summed E-state index contributed by atoms with van der Waals surface area (Å²) < 4.78 is 0.946. The number of benzene rings is 2. The zero-order valence-electron chi connectivity index (χ0n) is 15.1. The van der Waals surface area contributed by atoms with E-state index in [1.165, 1.54) is 11.3 Å². The lowest BCUT2D eigenvalue weighted by Gasteiger charge is -2.25. The average Bonchev–Trinajstić information content (AvgIpc) is 3.22. The number of imide groups is 1. The smallest absolute Gasteiger partial charge is 0.319 e. The number of nitrogens with zero attached hydrogens (tertiary/aromatic N) is 2. The molecule has 3 aromatic rings. The summed E-state index contributed by atoms with van der Waals surface area (Å²) in [5.41, 5.74) is 0.339. The highest BCUT2D eigenvalue weighted by atomic mass is 32.1. The molecule has 1 aromatic heterocycles. The van der Waals surface area contributed by atoms with Gasteiger partial charge in [-0.05, 0) is 24.1 Å². The maximum absolute atomic E-state index is 13.0. The third-order valence-electron chi connectivity index (χ3n) is 4.81. The number of urea groups is 1. The van der Waals surface area contributed by atoms with Gasteiger partial charge in [0.1, 0.15) is 12.1 Å². The molecular formula is C20H18N4O3S. The third-order valence-corrected chi connectivity index (χ3v) is 5.77. The van der Waals surface area contributed by atoms with Crippen molar-refractivity contribution in [2.75, 3.05) is 11.9 Å². The van der Waals surface area contributed by atoms with Crippen molar-refractivity contribution in [3.8, 4) is 0 Å². The highest BCUT2D eigenvalue weighted by Gasteiger charge is 2.51. The van der Waals surface area contributed by atoms with E-state index >= 15 is 0 Å². The number of para-hydroxylation sites is 1. The molecule has 1 atom stereocenters. The fraction of sp³-hybridized carbons (Fsp3) is 0.200. The number of hydrogen-bond acceptors (Lipinski definition) is 5. The van der Waals surface area contributed by atoms with E-state index in [0.717, 1.165) is 15.1 Å². The van der Waals surface area contributed by atoms with E-state index in [1.807, 2.05) is 49.4 Å². The van der Waals surface area contributed by atoms with Crippen molar-refractivity contribution in [2.24, 2.45) is 0 Å². The summed E-state index contributed by atoms with van der Waals surface area (Å²) in [4.78, 5) is 43.3. The number of fused-ring (bicyclic) bond motifs is 1. The molecule has 1 aliphatic rings. The molecule has 2 heterocycles. The first-order valence-corrected chi connectivity index (χ1v) is 9.70. The highest BCUT2D eigenvalue weighted by Crippen LogP contribution is 2.32. The Morgan fingerprint density at radius 2 is 1.86 bits per heavy atom. The largest absolute Gasteiger partial charge is 0.325 e. The Balaban J connectivity index is 1.52. The molecular weight excluding hydrogens is 376 g/mol. The van der Waals surface area contributed by atoms with Crippen LogP contribution in [-0.4, -0.2) is 34.3 Å². The van der Waals surface area contributed by atoms with Crippen LogP contribution in [0.15, 0.2) is 54.6 Å². The fourth-order valence-corrected chi connectivity index (χ4v) is 4.24. The minimum Gasteiger partial charge on any atom is -0.319 e. The molecule has 7 nitrogen and oxygen atoms in total. The number of hydrogen-bond donors (Lipinski definition) is 2. The van der Waals surface area contributed by atoms with Gasteiger partial charge in [-0.2, -0.15) is 0 Å². The summed E-state index contributed by atoms with van der Waals surface area (Å²) in [5, 5.41) is 5.88. The summed E-state index contributed by atoms with van der Waals surface area (Å²) in [6.07, 6.45) is 0.386. The fourth-order valence-electron chi connectivity index (χ4n) is 3.36. The van der Waals surface area contributed by atoms with Gasteiger partial charge in [0.2, 0.25) is 5.91 Å². The summed E-state index contributed by atoms with van der Waals surface area (Å²) in [5.74, 6) is -0.895. The molecule has 1 aliphatic heterocycles. The number of nitrogens with one attached hydrogen (secondary N) is 2. The van der Waals surface area contributed by atoms with Gasteiger partial charge < -0.3 is 10.6 Å². The standard InChI is InChI=1S/C20H18N4O3S/c1-2-20(13-8-4-3-5-9-13)17(26)24(19(27)23-20)12-16(25)22-18-21-14-10-6-7-11-15(14)28-18/h3-11H,2,12H2,1H3,(H,23,27)(H,21,22,25). The molecule has 1 fully saturated rings. The van der Waals surface area contributed by atoms with E-state index in [1.54, 1.807) is 12.1 Å². The summed E-state index contributed by atoms with van der Waals surface area (Å²) in [6, 6.07) is 16.0. The number of anilines is 1. The van der Waals surface area contributed by atoms with E-state index < -0.39 is 23.4 Å². The van der Waals surface area contributed by atoms with Crippen LogP contribution in [-0.2, 0) is 15.1 Å². The summed E-state index contributed by atoms with van der Waals surface area (Å²) in [6.45, 7) is 1.46. The molecule has 2 aromatic carbocycles. The highest BCUT2D eigenvalue weighted by molar-refractivity contribution is 7.22. The van der Waals surface area contributed by atoms with Crippen molar-refractivity contribution < 1.29 is 14.4 Å². The number of carbonyl (C=O) groups excluding carboxylic acids is 3. The number of aromatic nitrogens is 1. The van der Waals surface area contributed by atoms with Crippen molar-refractivity contribution in [3.63, 3.8) is 0 Å². The predicted octanol–water partition coefficient (Wildman–Crippen LogP) is 3.09. The first kappa shape index (κ1) is 18.1. The Morgan fingerprint density at radius 1 is 1.14 bits per heavy atom. The summed E-state index contributed by atoms with van der Waals surface area (Å²) in [7, 11) is 0. The van der Waals surface area contributed by atoms with Crippen LogP contribution < -0.4 is 10.6 Å². The summed E-state index contributed by atoms with van der Waals surface area (Å²) >= 11 is 1.34. The van der Waals surface area contributed by atoms with Gasteiger partial charge in [-0.1, -0.05) is 60.7 Å². The molecule has 1 saturated heterocycles. The average molecular weight is 394 g/mol. The lowest BCUT2D eigenvalue weighted by atomic mass is 9.87. The molecule has 2 N–H and O–H groups in total. The first-order chi connectivity index (χ1) is 13.5. The zero-order valence-corrected chi connectivity index (χ0v) is 16.0. The first-order valence-electron chi connectivity index (χ1n) is 8.88. The molecule has 1 unspecified atom stereocenters. The van der Waals surface area contributed by atoms with Crippen molar-refractivity contribution in [3.05, 3.63) is 60.2 Å². The SMILES string of the molecule is CCC1(c2ccccc2)NC(=O)N(CC(=O)Nc2nc3ccccc3s2)C1=O. The van der Waals surface area contributed by atoms with Gasteiger partial charge in [0, 0.05) is 0 Å². The Bertz CT molecular complexity index is 1030. The molecule has 0 aliphatic carbocycles. The minimum absolute atomic E-state index is 0.366. The Labute approximate surface area is 165 Å². The van der Waals surface area contributed by atoms with Crippen LogP contribution >= 0.6 is 11.3 Å². The third kappa shape index (κ3) is 3.01. The van der Waals surface area contributed by atoms with Gasteiger partial charge >= 0.3 is 6.03 Å². The monoisotopic (exact) mass is 394 g/mol. The van der Waals surface area contributed by atoms with Gasteiger partial charge in [-0.15, -0.1) is 0 Å². The van der Waals surface area contributed by atoms with Gasteiger partial charge in [-0.25, -0.2) is 9.78 Å². The molecule has 28 heavy (non-hydrogen) atoms. The molecule has 0 spiro atoms. The van der Waals surface area contributed by atoms with E-state index in [0.29, 0.717) is 17.1 Å². The molecule has 142 valence electrons. The normalized spacial score (nSPS) is 19.1. The second-order valence-electron chi connectivity index (χ2n) is 6.48. The van der Waals surface area contributed by atoms with Crippen LogP contribution in [0.3, 0.4) is 0 Å². The predicted molar refractivity (Wildman–Crippen MR) is 107 cm³/mol. The number of thiazole rings is 1. The molecule has 4 rings (SSSR count). The molecule has 4 amide bonds. The second kappa shape index (κ2) is 7.05. The van der Waals surface area contributed by atoms with Gasteiger partial charge in [-0.3, -0.25) is 14.5 Å². The number of rotatable bonds is 5. The van der Waals surface area contributed by atoms with E-state index in [4.69, 9.17) is 0 Å².